The normalized spacial score (nSPS) is 9.10. The molecule has 0 saturated carbocycles. The van der Waals surface area contributed by atoms with E-state index in [1.807, 2.05) is 0 Å². The molecule has 0 aliphatic carbocycles. The fourth-order valence-corrected chi connectivity index (χ4v) is 0.563. The minimum absolute atomic E-state index is 0. The Hall–Kier alpha value is 0.885. The number of aromatic nitrogens is 2. The first kappa shape index (κ1) is 10.9. The standard InChI is InChI=1S/C7H9N2.Rb/c1-6(2)7-4-3-5-8-9-7;/h3,5-6H,1-2H3;/q-1;+1. The number of rotatable bonds is 1. The fraction of sp³-hybridized carbons (Fsp3) is 0.429. The maximum atomic E-state index is 3.87. The van der Waals surface area contributed by atoms with Crippen LogP contribution >= 0.6 is 0 Å². The van der Waals surface area contributed by atoms with Crippen LogP contribution in [0.4, 0.5) is 0 Å². The Morgan fingerprint density at radius 2 is 2.20 bits per heavy atom. The average Bonchev–Trinajstić information content (AvgIpc) is 1.90. The molecule has 2 nitrogen and oxygen atoms in total. The molecule has 0 atom stereocenters. The van der Waals surface area contributed by atoms with E-state index in [9.17, 15) is 0 Å². The molecule has 1 aromatic rings. The molecule has 0 saturated heterocycles. The Kier molecular flexibility index (Phi) is 6.01. The maximum Gasteiger partial charge on any atom is 1.00 e. The van der Waals surface area contributed by atoms with Gasteiger partial charge in [0.2, 0.25) is 0 Å². The second-order valence-electron chi connectivity index (χ2n) is 2.22. The Morgan fingerprint density at radius 3 is 2.50 bits per heavy atom. The first-order chi connectivity index (χ1) is 4.30. The van der Waals surface area contributed by atoms with Gasteiger partial charge in [-0.25, -0.2) is 12.1 Å². The van der Waals surface area contributed by atoms with Crippen LogP contribution in [0.1, 0.15) is 25.5 Å². The Morgan fingerprint density at radius 1 is 1.50 bits per heavy atom. The third-order valence-electron chi connectivity index (χ3n) is 1.08. The molecule has 1 rings (SSSR count). The summed E-state index contributed by atoms with van der Waals surface area (Å²) in [6.07, 6.45) is 1.63. The van der Waals surface area contributed by atoms with Crippen LogP contribution in [0, 0.1) is 6.07 Å². The molecule has 0 radical (unpaired) electrons. The zero-order chi connectivity index (χ0) is 6.69. The van der Waals surface area contributed by atoms with Crippen molar-refractivity contribution in [3.05, 3.63) is 24.0 Å². The second-order valence-corrected chi connectivity index (χ2v) is 2.22. The largest absolute Gasteiger partial charge is 1.00 e. The van der Waals surface area contributed by atoms with Gasteiger partial charge in [-0.15, -0.1) is 6.20 Å². The molecule has 0 unspecified atom stereocenters. The van der Waals surface area contributed by atoms with E-state index in [4.69, 9.17) is 0 Å². The molecule has 10 heavy (non-hydrogen) atoms. The van der Waals surface area contributed by atoms with Crippen molar-refractivity contribution in [2.24, 2.45) is 0 Å². The molecular formula is C7H9N2Rb. The van der Waals surface area contributed by atoms with Crippen LogP contribution in [-0.4, -0.2) is 10.2 Å². The first-order valence-electron chi connectivity index (χ1n) is 3.00. The third kappa shape index (κ3) is 3.33. The Bertz CT molecular complexity index is 174. The van der Waals surface area contributed by atoms with Crippen molar-refractivity contribution in [3.63, 3.8) is 0 Å². The molecule has 0 fully saturated rings. The zero-order valence-corrected chi connectivity index (χ0v) is 11.5. The third-order valence-corrected chi connectivity index (χ3v) is 1.08. The predicted octanol–water partition coefficient (Wildman–Crippen LogP) is -1.60. The van der Waals surface area contributed by atoms with Crippen molar-refractivity contribution in [2.75, 3.05) is 0 Å². The summed E-state index contributed by atoms with van der Waals surface area (Å²) in [5.74, 6) is 0.429. The van der Waals surface area contributed by atoms with Gasteiger partial charge in [0.05, 0.1) is 0 Å². The summed E-state index contributed by atoms with van der Waals surface area (Å²) in [4.78, 5) is 0. The zero-order valence-electron chi connectivity index (χ0n) is 6.63. The van der Waals surface area contributed by atoms with Crippen LogP contribution in [0.25, 0.3) is 0 Å². The van der Waals surface area contributed by atoms with E-state index >= 15 is 0 Å². The molecule has 3 heteroatoms. The van der Waals surface area contributed by atoms with Crippen molar-refractivity contribution in [1.82, 2.24) is 10.2 Å². The summed E-state index contributed by atoms with van der Waals surface area (Å²) in [6, 6.07) is 4.77. The quantitative estimate of drug-likeness (QED) is 0.518. The summed E-state index contributed by atoms with van der Waals surface area (Å²) in [6.45, 7) is 4.14. The summed E-state index contributed by atoms with van der Waals surface area (Å²) in [7, 11) is 0. The van der Waals surface area contributed by atoms with Gasteiger partial charge in [-0.2, -0.15) is 5.10 Å². The van der Waals surface area contributed by atoms with Crippen LogP contribution in [-0.2, 0) is 0 Å². The predicted molar refractivity (Wildman–Crippen MR) is 35.0 cm³/mol. The Labute approximate surface area is 110 Å². The SMILES string of the molecule is CC(C)c1[c-]ccnn1.[Rb+]. The van der Waals surface area contributed by atoms with Gasteiger partial charge in [-0.3, -0.25) is 5.10 Å². The van der Waals surface area contributed by atoms with Gasteiger partial charge in [0.1, 0.15) is 0 Å². The van der Waals surface area contributed by atoms with Crippen molar-refractivity contribution in [2.45, 2.75) is 19.8 Å². The van der Waals surface area contributed by atoms with Crippen LogP contribution in [0.3, 0.4) is 0 Å². The average molecular weight is 207 g/mol. The molecule has 0 amide bonds. The molecule has 48 valence electrons. The molecule has 0 N–H and O–H groups in total. The first-order valence-corrected chi connectivity index (χ1v) is 3.00. The molecule has 0 aromatic carbocycles. The van der Waals surface area contributed by atoms with Gasteiger partial charge in [0.15, 0.2) is 0 Å². The molecule has 1 aromatic heterocycles. The van der Waals surface area contributed by atoms with Gasteiger partial charge >= 0.3 is 58.2 Å². The van der Waals surface area contributed by atoms with E-state index in [0.717, 1.165) is 5.69 Å². The van der Waals surface area contributed by atoms with Crippen molar-refractivity contribution in [1.29, 1.82) is 0 Å². The van der Waals surface area contributed by atoms with Gasteiger partial charge < -0.3 is 0 Å². The van der Waals surface area contributed by atoms with Crippen LogP contribution in [0.5, 0.6) is 0 Å². The van der Waals surface area contributed by atoms with E-state index in [-0.39, 0.29) is 58.2 Å². The molecule has 0 spiro atoms. The number of hydrogen-bond donors (Lipinski definition) is 0. The van der Waals surface area contributed by atoms with E-state index in [2.05, 4.69) is 30.1 Å². The number of nitrogens with zero attached hydrogens (tertiary/aromatic N) is 2. The Balaban J connectivity index is 0.000000810. The van der Waals surface area contributed by atoms with E-state index < -0.39 is 0 Å². The number of hydrogen-bond acceptors (Lipinski definition) is 2. The van der Waals surface area contributed by atoms with Gasteiger partial charge in [0, 0.05) is 0 Å². The molecule has 0 aliphatic heterocycles. The van der Waals surface area contributed by atoms with E-state index in [1.54, 1.807) is 12.3 Å². The minimum Gasteiger partial charge on any atom is -0.258 e. The minimum atomic E-state index is 0. The monoisotopic (exact) mass is 206 g/mol. The van der Waals surface area contributed by atoms with Crippen molar-refractivity contribution in [3.8, 4) is 0 Å². The molecule has 0 aliphatic rings. The van der Waals surface area contributed by atoms with Crippen LogP contribution < -0.4 is 58.2 Å². The summed E-state index contributed by atoms with van der Waals surface area (Å²) >= 11 is 0. The van der Waals surface area contributed by atoms with E-state index in [1.165, 1.54) is 0 Å². The molecular weight excluding hydrogens is 198 g/mol. The van der Waals surface area contributed by atoms with Crippen LogP contribution in [0.15, 0.2) is 12.3 Å². The summed E-state index contributed by atoms with van der Waals surface area (Å²) in [5, 5.41) is 7.60. The summed E-state index contributed by atoms with van der Waals surface area (Å²) < 4.78 is 0. The topological polar surface area (TPSA) is 25.8 Å². The van der Waals surface area contributed by atoms with Crippen molar-refractivity contribution < 1.29 is 58.2 Å². The van der Waals surface area contributed by atoms with Gasteiger partial charge in [0.25, 0.3) is 0 Å². The summed E-state index contributed by atoms with van der Waals surface area (Å²) in [5.41, 5.74) is 0.928. The molecule has 1 heterocycles. The maximum absolute atomic E-state index is 3.87. The van der Waals surface area contributed by atoms with Crippen LogP contribution in [0.2, 0.25) is 0 Å². The smallest absolute Gasteiger partial charge is 0.258 e. The van der Waals surface area contributed by atoms with E-state index in [0.29, 0.717) is 5.92 Å². The second kappa shape index (κ2) is 5.52. The molecule has 0 bridgehead atoms. The van der Waals surface area contributed by atoms with Gasteiger partial charge in [-0.05, 0) is 11.6 Å². The van der Waals surface area contributed by atoms with Gasteiger partial charge in [-0.1, -0.05) is 13.8 Å². The van der Waals surface area contributed by atoms with Crippen molar-refractivity contribution >= 4 is 0 Å². The fourth-order valence-electron chi connectivity index (χ4n) is 0.563.